The lowest BCUT2D eigenvalue weighted by atomic mass is 10.1. The second-order valence-electron chi connectivity index (χ2n) is 4.39. The Balaban J connectivity index is 2.25. The van der Waals surface area contributed by atoms with Crippen molar-refractivity contribution in [2.45, 2.75) is 13.3 Å². The van der Waals surface area contributed by atoms with Gasteiger partial charge in [-0.05, 0) is 43.2 Å². The Morgan fingerprint density at radius 1 is 1.25 bits per heavy atom. The first-order valence-electron chi connectivity index (χ1n) is 6.25. The highest BCUT2D eigenvalue weighted by molar-refractivity contribution is 7.80. The lowest BCUT2D eigenvalue weighted by Crippen LogP contribution is -2.12. The van der Waals surface area contributed by atoms with E-state index in [0.29, 0.717) is 23.6 Å². The maximum absolute atomic E-state index is 8.88. The summed E-state index contributed by atoms with van der Waals surface area (Å²) in [6.45, 7) is 2.01. The highest BCUT2D eigenvalue weighted by Crippen LogP contribution is 2.24. The molecule has 0 spiro atoms. The van der Waals surface area contributed by atoms with E-state index in [2.05, 4.69) is 4.98 Å². The molecule has 4 nitrogen and oxygen atoms in total. The Morgan fingerprint density at radius 2 is 1.95 bits per heavy atom. The molecule has 1 aromatic carbocycles. The molecule has 0 fully saturated rings. The van der Waals surface area contributed by atoms with Gasteiger partial charge in [0.2, 0.25) is 5.88 Å². The van der Waals surface area contributed by atoms with Crippen molar-refractivity contribution in [1.82, 2.24) is 4.98 Å². The lowest BCUT2D eigenvalue weighted by Gasteiger charge is -2.10. The average Bonchev–Trinajstić information content (AvgIpc) is 2.41. The van der Waals surface area contributed by atoms with Crippen molar-refractivity contribution in [3.63, 3.8) is 0 Å². The third kappa shape index (κ3) is 3.53. The molecule has 0 atom stereocenters. The fraction of sp³-hybridized carbons (Fsp3) is 0.200. The molecular formula is C15H16N2O2S. The molecule has 0 aliphatic carbocycles. The third-order valence-corrected chi connectivity index (χ3v) is 3.02. The van der Waals surface area contributed by atoms with E-state index >= 15 is 0 Å². The number of hydrogen-bond acceptors (Lipinski definition) is 4. The average molecular weight is 288 g/mol. The first-order valence-corrected chi connectivity index (χ1v) is 6.66. The van der Waals surface area contributed by atoms with Gasteiger partial charge in [0.25, 0.3) is 0 Å². The van der Waals surface area contributed by atoms with Gasteiger partial charge in [-0.15, -0.1) is 0 Å². The monoisotopic (exact) mass is 288 g/mol. The molecule has 2 aromatic rings. The Kier molecular flexibility index (Phi) is 4.65. The van der Waals surface area contributed by atoms with Gasteiger partial charge in [-0.1, -0.05) is 24.4 Å². The van der Waals surface area contributed by atoms with E-state index in [0.717, 1.165) is 11.3 Å². The minimum atomic E-state index is 0.130. The summed E-state index contributed by atoms with van der Waals surface area (Å²) < 4.78 is 5.74. The number of nitrogens with zero attached hydrogens (tertiary/aromatic N) is 1. The van der Waals surface area contributed by atoms with Crippen LogP contribution in [0.5, 0.6) is 11.6 Å². The molecular weight excluding hydrogens is 272 g/mol. The molecule has 20 heavy (non-hydrogen) atoms. The molecule has 104 valence electrons. The number of rotatable bonds is 5. The Labute approximate surface area is 123 Å². The van der Waals surface area contributed by atoms with Crippen molar-refractivity contribution < 1.29 is 9.84 Å². The van der Waals surface area contributed by atoms with E-state index in [1.54, 1.807) is 6.07 Å². The third-order valence-electron chi connectivity index (χ3n) is 2.80. The van der Waals surface area contributed by atoms with Crippen LogP contribution in [0.4, 0.5) is 0 Å². The highest BCUT2D eigenvalue weighted by atomic mass is 32.1. The van der Waals surface area contributed by atoms with E-state index in [-0.39, 0.29) is 11.6 Å². The van der Waals surface area contributed by atoms with Gasteiger partial charge < -0.3 is 15.6 Å². The van der Waals surface area contributed by atoms with Crippen molar-refractivity contribution in [3.05, 3.63) is 53.2 Å². The van der Waals surface area contributed by atoms with E-state index < -0.39 is 0 Å². The second kappa shape index (κ2) is 6.45. The quantitative estimate of drug-likeness (QED) is 0.827. The molecule has 5 heteroatoms. The zero-order valence-electron chi connectivity index (χ0n) is 11.2. The fourth-order valence-corrected chi connectivity index (χ4v) is 1.92. The van der Waals surface area contributed by atoms with Crippen LogP contribution < -0.4 is 10.5 Å². The summed E-state index contributed by atoms with van der Waals surface area (Å²) in [4.78, 5) is 4.57. The SMILES string of the molecule is Cc1ccc(C(N)=S)c(Oc2ccc(CCO)cc2)n1. The normalized spacial score (nSPS) is 10.3. The van der Waals surface area contributed by atoms with Crippen molar-refractivity contribution >= 4 is 17.2 Å². The van der Waals surface area contributed by atoms with Crippen LogP contribution >= 0.6 is 12.2 Å². The number of hydrogen-bond donors (Lipinski definition) is 2. The molecule has 0 aliphatic rings. The second-order valence-corrected chi connectivity index (χ2v) is 4.83. The predicted molar refractivity (Wildman–Crippen MR) is 82.2 cm³/mol. The number of benzene rings is 1. The molecule has 3 N–H and O–H groups in total. The molecule has 2 rings (SSSR count). The van der Waals surface area contributed by atoms with Gasteiger partial charge in [-0.2, -0.15) is 0 Å². The number of aliphatic hydroxyl groups is 1. The summed E-state index contributed by atoms with van der Waals surface area (Å²) >= 11 is 4.99. The van der Waals surface area contributed by atoms with Gasteiger partial charge in [0.05, 0.1) is 5.56 Å². The number of nitrogens with two attached hydrogens (primary N) is 1. The maximum Gasteiger partial charge on any atom is 0.229 e. The van der Waals surface area contributed by atoms with Crippen LogP contribution in [0.15, 0.2) is 36.4 Å². The van der Waals surface area contributed by atoms with Crippen LogP contribution in [0.25, 0.3) is 0 Å². The molecule has 0 unspecified atom stereocenters. The predicted octanol–water partition coefficient (Wildman–Crippen LogP) is 2.35. The summed E-state index contributed by atoms with van der Waals surface area (Å²) in [7, 11) is 0. The topological polar surface area (TPSA) is 68.4 Å². The number of aromatic nitrogens is 1. The van der Waals surface area contributed by atoms with E-state index in [9.17, 15) is 0 Å². The van der Waals surface area contributed by atoms with Crippen LogP contribution in [-0.4, -0.2) is 21.7 Å². The first-order chi connectivity index (χ1) is 9.60. The van der Waals surface area contributed by atoms with Gasteiger partial charge in [0.15, 0.2) is 0 Å². The Bertz CT molecular complexity index is 612. The van der Waals surface area contributed by atoms with Crippen molar-refractivity contribution in [1.29, 1.82) is 0 Å². The van der Waals surface area contributed by atoms with Gasteiger partial charge in [-0.25, -0.2) is 4.98 Å². The summed E-state index contributed by atoms with van der Waals surface area (Å²) in [6, 6.07) is 11.1. The molecule has 0 bridgehead atoms. The minimum Gasteiger partial charge on any atom is -0.438 e. The lowest BCUT2D eigenvalue weighted by molar-refractivity contribution is 0.299. The number of aliphatic hydroxyl groups excluding tert-OH is 1. The van der Waals surface area contributed by atoms with Gasteiger partial charge in [0, 0.05) is 12.3 Å². The maximum atomic E-state index is 8.88. The Morgan fingerprint density at radius 3 is 2.55 bits per heavy atom. The van der Waals surface area contributed by atoms with Gasteiger partial charge >= 0.3 is 0 Å². The highest BCUT2D eigenvalue weighted by Gasteiger charge is 2.09. The minimum absolute atomic E-state index is 0.130. The summed E-state index contributed by atoms with van der Waals surface area (Å²) in [6.07, 6.45) is 0.626. The standard InChI is InChI=1S/C15H16N2O2S/c1-10-2-7-13(14(16)20)15(17-10)19-12-5-3-11(4-6-12)8-9-18/h2-7,18H,8-9H2,1H3,(H2,16,20). The van der Waals surface area contributed by atoms with Crippen molar-refractivity contribution in [2.75, 3.05) is 6.61 Å². The molecule has 1 aromatic heterocycles. The van der Waals surface area contributed by atoms with E-state index in [4.69, 9.17) is 27.8 Å². The molecule has 1 heterocycles. The first kappa shape index (κ1) is 14.4. The molecule has 0 saturated heterocycles. The van der Waals surface area contributed by atoms with Crippen molar-refractivity contribution in [2.24, 2.45) is 5.73 Å². The molecule has 0 saturated carbocycles. The fourth-order valence-electron chi connectivity index (χ4n) is 1.76. The molecule has 0 aliphatic heterocycles. The van der Waals surface area contributed by atoms with Crippen LogP contribution in [-0.2, 0) is 6.42 Å². The van der Waals surface area contributed by atoms with E-state index in [1.165, 1.54) is 0 Å². The number of aryl methyl sites for hydroxylation is 1. The summed E-state index contributed by atoms with van der Waals surface area (Å²) in [5.74, 6) is 1.06. The van der Waals surface area contributed by atoms with Crippen LogP contribution in [0.1, 0.15) is 16.8 Å². The molecule has 0 amide bonds. The van der Waals surface area contributed by atoms with Gasteiger partial charge in [0.1, 0.15) is 10.7 Å². The van der Waals surface area contributed by atoms with Crippen LogP contribution in [0.2, 0.25) is 0 Å². The molecule has 0 radical (unpaired) electrons. The summed E-state index contributed by atoms with van der Waals surface area (Å²) in [5, 5.41) is 8.88. The largest absolute Gasteiger partial charge is 0.438 e. The van der Waals surface area contributed by atoms with Crippen molar-refractivity contribution in [3.8, 4) is 11.6 Å². The zero-order chi connectivity index (χ0) is 14.5. The number of ether oxygens (including phenoxy) is 1. The number of pyridine rings is 1. The smallest absolute Gasteiger partial charge is 0.229 e. The van der Waals surface area contributed by atoms with E-state index in [1.807, 2.05) is 37.3 Å². The number of thiocarbonyl (C=S) groups is 1. The van der Waals surface area contributed by atoms with Gasteiger partial charge in [-0.3, -0.25) is 0 Å². The van der Waals surface area contributed by atoms with Crippen LogP contribution in [0.3, 0.4) is 0 Å². The zero-order valence-corrected chi connectivity index (χ0v) is 12.0. The van der Waals surface area contributed by atoms with Crippen LogP contribution in [0, 0.1) is 6.92 Å². The Hall–Kier alpha value is -1.98. The summed E-state index contributed by atoms with van der Waals surface area (Å²) in [5.41, 5.74) is 8.16.